The normalized spacial score (nSPS) is 15.6. The summed E-state index contributed by atoms with van der Waals surface area (Å²) in [5.74, 6) is -1.10. The van der Waals surface area contributed by atoms with Crippen molar-refractivity contribution in [1.82, 2.24) is 9.88 Å². The molecule has 4 nitrogen and oxygen atoms in total. The van der Waals surface area contributed by atoms with E-state index in [2.05, 4.69) is 4.98 Å². The van der Waals surface area contributed by atoms with Crippen LogP contribution in [0.2, 0.25) is 0 Å². The van der Waals surface area contributed by atoms with Gasteiger partial charge >= 0.3 is 0 Å². The molecule has 2 heterocycles. The van der Waals surface area contributed by atoms with Crippen LogP contribution in [0.3, 0.4) is 0 Å². The van der Waals surface area contributed by atoms with Crippen molar-refractivity contribution in [3.05, 3.63) is 76.8 Å². The van der Waals surface area contributed by atoms with Crippen LogP contribution in [-0.2, 0) is 5.60 Å². The number of carbonyl (C=O) groups is 1. The van der Waals surface area contributed by atoms with E-state index in [4.69, 9.17) is 0 Å². The van der Waals surface area contributed by atoms with Gasteiger partial charge in [0.1, 0.15) is 27.9 Å². The summed E-state index contributed by atoms with van der Waals surface area (Å²) < 4.78 is 26.9. The van der Waals surface area contributed by atoms with Gasteiger partial charge < -0.3 is 10.0 Å². The largest absolute Gasteiger partial charge is 0.381 e. The van der Waals surface area contributed by atoms with Crippen molar-refractivity contribution in [2.75, 3.05) is 13.1 Å². The molecule has 0 unspecified atom stereocenters. The molecule has 0 saturated carbocycles. The number of aromatic nitrogens is 1. The number of nitrogens with zero attached hydrogens (tertiary/aromatic N) is 2. The van der Waals surface area contributed by atoms with Crippen molar-refractivity contribution in [2.45, 2.75) is 5.60 Å². The third-order valence-electron chi connectivity index (χ3n) is 4.40. The van der Waals surface area contributed by atoms with Crippen molar-refractivity contribution in [1.29, 1.82) is 0 Å². The number of likely N-dealkylation sites (tertiary alicyclic amines) is 1. The molecule has 1 saturated heterocycles. The van der Waals surface area contributed by atoms with Gasteiger partial charge in [0.25, 0.3) is 5.91 Å². The van der Waals surface area contributed by atoms with Gasteiger partial charge in [0.05, 0.1) is 13.1 Å². The summed E-state index contributed by atoms with van der Waals surface area (Å²) in [6.07, 6.45) is 0. The first-order chi connectivity index (χ1) is 12.5. The molecular formula is C19H14F2N2O2S. The van der Waals surface area contributed by atoms with Crippen LogP contribution < -0.4 is 0 Å². The second kappa shape index (κ2) is 6.26. The van der Waals surface area contributed by atoms with Gasteiger partial charge in [-0.1, -0.05) is 24.3 Å². The second-order valence-corrected chi connectivity index (χ2v) is 7.08. The SMILES string of the molecule is O=C(c1csc(-c2ccccc2F)n1)N1CC(O)(c2ccc(F)cc2)C1. The lowest BCUT2D eigenvalue weighted by molar-refractivity contribution is -0.0865. The highest BCUT2D eigenvalue weighted by molar-refractivity contribution is 7.13. The summed E-state index contributed by atoms with van der Waals surface area (Å²) in [6, 6.07) is 11.8. The summed E-state index contributed by atoms with van der Waals surface area (Å²) in [6.45, 7) is 0.202. The molecule has 0 bridgehead atoms. The molecule has 1 aliphatic rings. The molecule has 1 aromatic heterocycles. The van der Waals surface area contributed by atoms with Crippen LogP contribution >= 0.6 is 11.3 Å². The van der Waals surface area contributed by atoms with Crippen LogP contribution in [0.4, 0.5) is 8.78 Å². The summed E-state index contributed by atoms with van der Waals surface area (Å²) in [5, 5.41) is 12.6. The van der Waals surface area contributed by atoms with E-state index in [1.54, 1.807) is 23.6 Å². The van der Waals surface area contributed by atoms with Gasteiger partial charge in [-0.3, -0.25) is 4.79 Å². The van der Waals surface area contributed by atoms with E-state index in [-0.39, 0.29) is 30.5 Å². The van der Waals surface area contributed by atoms with Gasteiger partial charge in [-0.2, -0.15) is 0 Å². The average Bonchev–Trinajstić information content (AvgIpc) is 3.09. The van der Waals surface area contributed by atoms with Crippen LogP contribution in [-0.4, -0.2) is 34.0 Å². The van der Waals surface area contributed by atoms with Crippen LogP contribution in [0.25, 0.3) is 10.6 Å². The van der Waals surface area contributed by atoms with Gasteiger partial charge in [-0.15, -0.1) is 11.3 Å². The molecular weight excluding hydrogens is 358 g/mol. The molecule has 0 aliphatic carbocycles. The fraction of sp³-hybridized carbons (Fsp3) is 0.158. The van der Waals surface area contributed by atoms with Crippen molar-refractivity contribution < 1.29 is 18.7 Å². The van der Waals surface area contributed by atoms with E-state index in [1.165, 1.54) is 46.6 Å². The molecule has 1 aliphatic heterocycles. The van der Waals surface area contributed by atoms with Gasteiger partial charge in [0.15, 0.2) is 0 Å². The number of benzene rings is 2. The van der Waals surface area contributed by atoms with E-state index < -0.39 is 11.4 Å². The fourth-order valence-corrected chi connectivity index (χ4v) is 3.78. The first kappa shape index (κ1) is 16.8. The number of aliphatic hydroxyl groups is 1. The zero-order chi connectivity index (χ0) is 18.3. The third-order valence-corrected chi connectivity index (χ3v) is 5.28. The molecule has 0 spiro atoms. The minimum Gasteiger partial charge on any atom is -0.381 e. The first-order valence-corrected chi connectivity index (χ1v) is 8.82. The Morgan fingerprint density at radius 1 is 1.12 bits per heavy atom. The highest BCUT2D eigenvalue weighted by atomic mass is 32.1. The first-order valence-electron chi connectivity index (χ1n) is 7.94. The number of carbonyl (C=O) groups excluding carboxylic acids is 1. The predicted octanol–water partition coefficient (Wildman–Crippen LogP) is 3.43. The van der Waals surface area contributed by atoms with Crippen LogP contribution in [0.5, 0.6) is 0 Å². The quantitative estimate of drug-likeness (QED) is 0.766. The Morgan fingerprint density at radius 3 is 2.50 bits per heavy atom. The number of amides is 1. The lowest BCUT2D eigenvalue weighted by atomic mass is 9.86. The fourth-order valence-electron chi connectivity index (χ4n) is 2.96. The monoisotopic (exact) mass is 372 g/mol. The number of hydrogen-bond donors (Lipinski definition) is 1. The Morgan fingerprint density at radius 2 is 1.81 bits per heavy atom. The Bertz CT molecular complexity index is 966. The number of β-amino-alcohol motifs (C(OH)–C–C–N with tert-alkyl or cyclic N) is 1. The molecule has 3 aromatic rings. The molecule has 0 radical (unpaired) electrons. The average molecular weight is 372 g/mol. The van der Waals surface area contributed by atoms with E-state index in [9.17, 15) is 18.7 Å². The number of hydrogen-bond acceptors (Lipinski definition) is 4. The molecule has 1 N–H and O–H groups in total. The Balaban J connectivity index is 1.48. The molecule has 7 heteroatoms. The van der Waals surface area contributed by atoms with Crippen LogP contribution in [0, 0.1) is 11.6 Å². The maximum Gasteiger partial charge on any atom is 0.273 e. The van der Waals surface area contributed by atoms with Crippen LogP contribution in [0.15, 0.2) is 53.9 Å². The number of rotatable bonds is 3. The van der Waals surface area contributed by atoms with E-state index in [0.717, 1.165) is 0 Å². The van der Waals surface area contributed by atoms with Gasteiger partial charge in [-0.25, -0.2) is 13.8 Å². The second-order valence-electron chi connectivity index (χ2n) is 6.22. The van der Waals surface area contributed by atoms with Crippen molar-refractivity contribution in [2.24, 2.45) is 0 Å². The number of thiazole rings is 1. The van der Waals surface area contributed by atoms with Crippen molar-refractivity contribution in [3.8, 4) is 10.6 Å². The van der Waals surface area contributed by atoms with Gasteiger partial charge in [0, 0.05) is 10.9 Å². The zero-order valence-electron chi connectivity index (χ0n) is 13.5. The smallest absolute Gasteiger partial charge is 0.273 e. The standard InChI is InChI=1S/C19H14F2N2O2S/c20-13-7-5-12(6-8-13)19(25)10-23(11-19)18(24)16-9-26-17(22-16)14-3-1-2-4-15(14)21/h1-9,25H,10-11H2. The molecule has 26 heavy (non-hydrogen) atoms. The number of halogens is 2. The molecule has 132 valence electrons. The maximum atomic E-state index is 13.9. The Kier molecular flexibility index (Phi) is 4.05. The van der Waals surface area contributed by atoms with E-state index in [1.807, 2.05) is 0 Å². The third kappa shape index (κ3) is 2.89. The highest BCUT2D eigenvalue weighted by Gasteiger charge is 2.45. The minimum absolute atomic E-state index is 0.101. The van der Waals surface area contributed by atoms with Gasteiger partial charge in [-0.05, 0) is 29.8 Å². The summed E-state index contributed by atoms with van der Waals surface area (Å²) >= 11 is 1.19. The van der Waals surface area contributed by atoms with E-state index >= 15 is 0 Å². The molecule has 1 amide bonds. The van der Waals surface area contributed by atoms with Gasteiger partial charge in [0.2, 0.25) is 0 Å². The molecule has 2 aromatic carbocycles. The topological polar surface area (TPSA) is 53.4 Å². The van der Waals surface area contributed by atoms with E-state index in [0.29, 0.717) is 16.1 Å². The summed E-state index contributed by atoms with van der Waals surface area (Å²) in [7, 11) is 0. The minimum atomic E-state index is -1.19. The Hall–Kier alpha value is -2.64. The summed E-state index contributed by atoms with van der Waals surface area (Å²) in [5.41, 5.74) is -0.0565. The van der Waals surface area contributed by atoms with Crippen LogP contribution in [0.1, 0.15) is 16.1 Å². The Labute approximate surface area is 152 Å². The molecule has 1 fully saturated rings. The zero-order valence-corrected chi connectivity index (χ0v) is 14.3. The molecule has 0 atom stereocenters. The maximum absolute atomic E-state index is 13.9. The highest BCUT2D eigenvalue weighted by Crippen LogP contribution is 2.34. The van der Waals surface area contributed by atoms with Crippen molar-refractivity contribution in [3.63, 3.8) is 0 Å². The predicted molar refractivity (Wildman–Crippen MR) is 93.7 cm³/mol. The lowest BCUT2D eigenvalue weighted by Crippen LogP contribution is -2.61. The summed E-state index contributed by atoms with van der Waals surface area (Å²) in [4.78, 5) is 18.2. The van der Waals surface area contributed by atoms with Crippen molar-refractivity contribution >= 4 is 17.2 Å². The lowest BCUT2D eigenvalue weighted by Gasteiger charge is -2.46. The molecule has 4 rings (SSSR count).